The number of nitrogens with zero attached hydrogens (tertiary/aromatic N) is 2. The van der Waals surface area contributed by atoms with Crippen LogP contribution in [0.4, 0.5) is 0 Å². The summed E-state index contributed by atoms with van der Waals surface area (Å²) in [6.07, 6.45) is 4.13. The average Bonchev–Trinajstić information content (AvgIpc) is 2.24. The number of piperazine rings is 1. The Morgan fingerprint density at radius 2 is 1.44 bits per heavy atom. The number of unbranched alkanes of at least 4 members (excludes halogenated alkanes) is 1. The van der Waals surface area contributed by atoms with Gasteiger partial charge in [0.2, 0.25) is 0 Å². The van der Waals surface area contributed by atoms with E-state index < -0.39 is 0 Å². The highest BCUT2D eigenvalue weighted by atomic mass is 15.3. The van der Waals surface area contributed by atoms with Gasteiger partial charge in [0.1, 0.15) is 0 Å². The van der Waals surface area contributed by atoms with Crippen molar-refractivity contribution in [3.05, 3.63) is 0 Å². The Bertz CT molecular complexity index is 176. The van der Waals surface area contributed by atoms with Crippen LogP contribution in [0.3, 0.4) is 0 Å². The van der Waals surface area contributed by atoms with Crippen molar-refractivity contribution in [2.75, 3.05) is 39.3 Å². The van der Waals surface area contributed by atoms with Crippen molar-refractivity contribution in [1.29, 1.82) is 0 Å². The average molecular weight is 226 g/mol. The molecule has 0 aliphatic carbocycles. The molecule has 0 spiro atoms. The Labute approximate surface area is 102 Å². The molecule has 0 aromatic rings. The van der Waals surface area contributed by atoms with Gasteiger partial charge in [-0.1, -0.05) is 34.1 Å². The lowest BCUT2D eigenvalue weighted by molar-refractivity contribution is 0.134. The molecule has 1 aliphatic rings. The maximum Gasteiger partial charge on any atom is 0.0110 e. The monoisotopic (exact) mass is 226 g/mol. The van der Waals surface area contributed by atoms with Crippen LogP contribution in [0.15, 0.2) is 0 Å². The van der Waals surface area contributed by atoms with Gasteiger partial charge < -0.3 is 9.80 Å². The molecule has 0 radical (unpaired) electrons. The summed E-state index contributed by atoms with van der Waals surface area (Å²) in [4.78, 5) is 5.18. The minimum absolute atomic E-state index is 0.515. The van der Waals surface area contributed by atoms with Gasteiger partial charge in [0.15, 0.2) is 0 Å². The Hall–Kier alpha value is -0.0800. The van der Waals surface area contributed by atoms with E-state index in [9.17, 15) is 0 Å². The number of likely N-dealkylation sites (N-methyl/N-ethyl adjacent to an activating group) is 1. The summed E-state index contributed by atoms with van der Waals surface area (Å²) in [6.45, 7) is 16.9. The first kappa shape index (κ1) is 14.0. The fourth-order valence-electron chi connectivity index (χ4n) is 2.32. The van der Waals surface area contributed by atoms with E-state index >= 15 is 0 Å². The van der Waals surface area contributed by atoms with Crippen molar-refractivity contribution in [2.24, 2.45) is 5.41 Å². The molecule has 0 amide bonds. The van der Waals surface area contributed by atoms with Gasteiger partial charge in [0.25, 0.3) is 0 Å². The van der Waals surface area contributed by atoms with Gasteiger partial charge in [-0.3, -0.25) is 0 Å². The van der Waals surface area contributed by atoms with Gasteiger partial charge in [-0.15, -0.1) is 0 Å². The predicted octanol–water partition coefficient (Wildman–Crippen LogP) is 2.84. The lowest BCUT2D eigenvalue weighted by Crippen LogP contribution is -2.46. The summed E-state index contributed by atoms with van der Waals surface area (Å²) >= 11 is 0. The van der Waals surface area contributed by atoms with Gasteiger partial charge in [-0.25, -0.2) is 0 Å². The Balaban J connectivity index is 2.02. The summed E-state index contributed by atoms with van der Waals surface area (Å²) in [5, 5.41) is 0. The van der Waals surface area contributed by atoms with E-state index in [0.29, 0.717) is 5.41 Å². The van der Waals surface area contributed by atoms with E-state index in [1.54, 1.807) is 0 Å². The fourth-order valence-corrected chi connectivity index (χ4v) is 2.32. The molecule has 0 atom stereocenters. The molecule has 0 saturated carbocycles. The van der Waals surface area contributed by atoms with E-state index in [-0.39, 0.29) is 0 Å². The third kappa shape index (κ3) is 5.86. The zero-order valence-corrected chi connectivity index (χ0v) is 11.8. The maximum absolute atomic E-state index is 2.63. The van der Waals surface area contributed by atoms with Gasteiger partial charge >= 0.3 is 0 Å². The van der Waals surface area contributed by atoms with Crippen LogP contribution in [0.2, 0.25) is 0 Å². The molecule has 0 N–H and O–H groups in total. The molecular formula is C14H30N2. The molecule has 96 valence electrons. The van der Waals surface area contributed by atoms with Crippen LogP contribution in [0.5, 0.6) is 0 Å². The van der Waals surface area contributed by atoms with Gasteiger partial charge in [-0.05, 0) is 31.3 Å². The number of rotatable bonds is 5. The van der Waals surface area contributed by atoms with Gasteiger partial charge in [0, 0.05) is 26.2 Å². The summed E-state index contributed by atoms with van der Waals surface area (Å²) in [6, 6.07) is 0. The molecular weight excluding hydrogens is 196 g/mol. The van der Waals surface area contributed by atoms with Crippen LogP contribution in [-0.4, -0.2) is 49.1 Å². The molecule has 1 rings (SSSR count). The minimum Gasteiger partial charge on any atom is -0.301 e. The second-order valence-corrected chi connectivity index (χ2v) is 6.29. The summed E-state index contributed by atoms with van der Waals surface area (Å²) < 4.78 is 0. The zero-order valence-electron chi connectivity index (χ0n) is 11.8. The molecule has 1 saturated heterocycles. The topological polar surface area (TPSA) is 6.48 Å². The molecule has 0 aromatic heterocycles. The van der Waals surface area contributed by atoms with E-state index in [4.69, 9.17) is 0 Å². The summed E-state index contributed by atoms with van der Waals surface area (Å²) in [7, 11) is 0. The van der Waals surface area contributed by atoms with Crippen molar-refractivity contribution < 1.29 is 0 Å². The van der Waals surface area contributed by atoms with E-state index in [1.807, 2.05) is 0 Å². The molecule has 1 fully saturated rings. The smallest absolute Gasteiger partial charge is 0.0110 e. The zero-order chi connectivity index (χ0) is 12.0. The van der Waals surface area contributed by atoms with Crippen molar-refractivity contribution in [3.8, 4) is 0 Å². The number of hydrogen-bond acceptors (Lipinski definition) is 2. The quantitative estimate of drug-likeness (QED) is 0.665. The Morgan fingerprint density at radius 3 is 1.94 bits per heavy atom. The first-order valence-electron chi connectivity index (χ1n) is 6.96. The van der Waals surface area contributed by atoms with Crippen molar-refractivity contribution in [2.45, 2.75) is 47.0 Å². The third-order valence-electron chi connectivity index (χ3n) is 3.56. The highest BCUT2D eigenvalue weighted by Gasteiger charge is 2.15. The predicted molar refractivity (Wildman–Crippen MR) is 71.9 cm³/mol. The van der Waals surface area contributed by atoms with E-state index in [0.717, 1.165) is 0 Å². The van der Waals surface area contributed by atoms with Crippen LogP contribution >= 0.6 is 0 Å². The standard InChI is InChI=1S/C14H30N2/c1-5-15-10-12-16(13-11-15)9-7-6-8-14(2,3)4/h5-13H2,1-4H3. The fraction of sp³-hybridized carbons (Fsp3) is 1.00. The third-order valence-corrected chi connectivity index (χ3v) is 3.56. The van der Waals surface area contributed by atoms with Crippen LogP contribution in [0.1, 0.15) is 47.0 Å². The Morgan fingerprint density at radius 1 is 0.875 bits per heavy atom. The normalized spacial score (nSPS) is 20.2. The SMILES string of the molecule is CCN1CCN(CCCCC(C)(C)C)CC1. The molecule has 0 aromatic carbocycles. The largest absolute Gasteiger partial charge is 0.301 e. The summed E-state index contributed by atoms with van der Waals surface area (Å²) in [5.74, 6) is 0. The van der Waals surface area contributed by atoms with Gasteiger partial charge in [-0.2, -0.15) is 0 Å². The summed E-state index contributed by atoms with van der Waals surface area (Å²) in [5.41, 5.74) is 0.515. The minimum atomic E-state index is 0.515. The first-order chi connectivity index (χ1) is 7.51. The highest BCUT2D eigenvalue weighted by Crippen LogP contribution is 2.21. The molecule has 2 heteroatoms. The molecule has 0 bridgehead atoms. The molecule has 16 heavy (non-hydrogen) atoms. The first-order valence-corrected chi connectivity index (χ1v) is 6.96. The molecule has 0 unspecified atom stereocenters. The van der Waals surface area contributed by atoms with Gasteiger partial charge in [0.05, 0.1) is 0 Å². The second kappa shape index (κ2) is 6.61. The lowest BCUT2D eigenvalue weighted by Gasteiger charge is -2.34. The molecule has 1 aliphatic heterocycles. The lowest BCUT2D eigenvalue weighted by atomic mass is 9.90. The van der Waals surface area contributed by atoms with Crippen LogP contribution in [0, 0.1) is 5.41 Å². The van der Waals surface area contributed by atoms with Crippen molar-refractivity contribution in [3.63, 3.8) is 0 Å². The second-order valence-electron chi connectivity index (χ2n) is 6.29. The van der Waals surface area contributed by atoms with Crippen molar-refractivity contribution in [1.82, 2.24) is 9.80 Å². The van der Waals surface area contributed by atoms with E-state index in [1.165, 1.54) is 58.5 Å². The van der Waals surface area contributed by atoms with E-state index in [2.05, 4.69) is 37.5 Å². The Kier molecular flexibility index (Phi) is 5.77. The highest BCUT2D eigenvalue weighted by molar-refractivity contribution is 4.71. The van der Waals surface area contributed by atoms with Crippen LogP contribution < -0.4 is 0 Å². The number of hydrogen-bond donors (Lipinski definition) is 0. The molecule has 2 nitrogen and oxygen atoms in total. The van der Waals surface area contributed by atoms with Crippen LogP contribution in [0.25, 0.3) is 0 Å². The van der Waals surface area contributed by atoms with Crippen LogP contribution in [-0.2, 0) is 0 Å². The van der Waals surface area contributed by atoms with Crippen molar-refractivity contribution >= 4 is 0 Å². The molecule has 1 heterocycles. The maximum atomic E-state index is 2.63.